The zero-order valence-electron chi connectivity index (χ0n) is 10.8. The van der Waals surface area contributed by atoms with Crippen LogP contribution in [0.3, 0.4) is 0 Å². The molecule has 2 aromatic carbocycles. The Morgan fingerprint density at radius 3 is 2.85 bits per heavy atom. The zero-order chi connectivity index (χ0) is 14.1. The van der Waals surface area contributed by atoms with E-state index in [1.807, 2.05) is 37.3 Å². The maximum atomic E-state index is 12.3. The first-order valence-corrected chi connectivity index (χ1v) is 6.53. The number of nitrogens with zero attached hydrogens (tertiary/aromatic N) is 1. The Morgan fingerprint density at radius 2 is 2.05 bits per heavy atom. The maximum absolute atomic E-state index is 12.3. The fourth-order valence-corrected chi connectivity index (χ4v) is 2.32. The molecule has 0 bridgehead atoms. The summed E-state index contributed by atoms with van der Waals surface area (Å²) in [6.45, 7) is 1.94. The van der Waals surface area contributed by atoms with Gasteiger partial charge in [-0.1, -0.05) is 35.9 Å². The third-order valence-electron chi connectivity index (χ3n) is 3.06. The molecule has 0 radical (unpaired) electrons. The molecule has 0 fully saturated rings. The van der Waals surface area contributed by atoms with Gasteiger partial charge in [0.05, 0.1) is 16.2 Å². The van der Waals surface area contributed by atoms with Gasteiger partial charge in [-0.15, -0.1) is 0 Å². The summed E-state index contributed by atoms with van der Waals surface area (Å²) >= 11 is 6.11. The summed E-state index contributed by atoms with van der Waals surface area (Å²) in [5.74, 6) is -0.284. The van der Waals surface area contributed by atoms with Crippen molar-refractivity contribution in [1.29, 1.82) is 0 Å². The average molecular weight is 286 g/mol. The van der Waals surface area contributed by atoms with Crippen LogP contribution in [0.25, 0.3) is 10.9 Å². The van der Waals surface area contributed by atoms with Crippen LogP contribution in [0.15, 0.2) is 42.5 Å². The second-order valence-corrected chi connectivity index (χ2v) is 4.96. The lowest BCUT2D eigenvalue weighted by Gasteiger charge is -2.06. The van der Waals surface area contributed by atoms with Gasteiger partial charge in [-0.25, -0.2) is 0 Å². The third-order valence-corrected chi connectivity index (χ3v) is 3.37. The van der Waals surface area contributed by atoms with Crippen LogP contribution in [0.2, 0.25) is 5.02 Å². The van der Waals surface area contributed by atoms with Crippen molar-refractivity contribution in [2.45, 2.75) is 6.92 Å². The molecule has 1 heterocycles. The molecule has 0 saturated heterocycles. The fraction of sp³-hybridized carbons (Fsp3) is 0.0667. The number of anilines is 1. The largest absolute Gasteiger partial charge is 0.319 e. The first-order chi connectivity index (χ1) is 9.65. The Morgan fingerprint density at radius 1 is 1.25 bits per heavy atom. The second kappa shape index (κ2) is 4.98. The summed E-state index contributed by atoms with van der Waals surface area (Å²) in [5, 5.41) is 11.0. The van der Waals surface area contributed by atoms with Gasteiger partial charge in [0, 0.05) is 5.39 Å². The molecule has 0 atom stereocenters. The average Bonchev–Trinajstić information content (AvgIpc) is 2.86. The molecule has 1 amide bonds. The van der Waals surface area contributed by atoms with Crippen molar-refractivity contribution in [1.82, 2.24) is 10.2 Å². The van der Waals surface area contributed by atoms with Crippen molar-refractivity contribution in [3.63, 3.8) is 0 Å². The van der Waals surface area contributed by atoms with Gasteiger partial charge >= 0.3 is 0 Å². The first-order valence-electron chi connectivity index (χ1n) is 6.16. The van der Waals surface area contributed by atoms with Gasteiger partial charge in [-0.05, 0) is 30.7 Å². The van der Waals surface area contributed by atoms with E-state index in [-0.39, 0.29) is 5.91 Å². The van der Waals surface area contributed by atoms with Crippen molar-refractivity contribution in [3.8, 4) is 0 Å². The standard InChI is InChI=1S/C15H12ClN3O/c1-9-6-7-13(11(16)8-9)17-15(20)14-10-4-2-3-5-12(10)18-19-14/h2-8H,1H3,(H,17,20)(H,18,19). The highest BCUT2D eigenvalue weighted by Crippen LogP contribution is 2.24. The van der Waals surface area contributed by atoms with Crippen LogP contribution in [-0.2, 0) is 0 Å². The molecule has 0 aliphatic rings. The van der Waals surface area contributed by atoms with E-state index in [0.717, 1.165) is 16.5 Å². The fourth-order valence-electron chi connectivity index (χ4n) is 2.04. The number of halogens is 1. The molecule has 3 aromatic rings. The van der Waals surface area contributed by atoms with E-state index in [1.54, 1.807) is 12.1 Å². The van der Waals surface area contributed by atoms with E-state index in [2.05, 4.69) is 15.5 Å². The monoisotopic (exact) mass is 285 g/mol. The van der Waals surface area contributed by atoms with E-state index in [0.29, 0.717) is 16.4 Å². The minimum Gasteiger partial charge on any atom is -0.319 e. The smallest absolute Gasteiger partial charge is 0.276 e. The summed E-state index contributed by atoms with van der Waals surface area (Å²) in [4.78, 5) is 12.3. The molecule has 0 aliphatic carbocycles. The number of hydrogen-bond donors (Lipinski definition) is 2. The second-order valence-electron chi connectivity index (χ2n) is 4.56. The van der Waals surface area contributed by atoms with Crippen molar-refractivity contribution in [3.05, 3.63) is 58.7 Å². The number of para-hydroxylation sites is 1. The van der Waals surface area contributed by atoms with Gasteiger partial charge in [0.15, 0.2) is 5.69 Å². The Kier molecular flexibility index (Phi) is 3.16. The number of aromatic nitrogens is 2. The number of nitrogens with one attached hydrogen (secondary N) is 2. The summed E-state index contributed by atoms with van der Waals surface area (Å²) in [7, 11) is 0. The first kappa shape index (κ1) is 12.7. The minimum atomic E-state index is -0.284. The summed E-state index contributed by atoms with van der Waals surface area (Å²) in [6.07, 6.45) is 0. The number of aryl methyl sites for hydroxylation is 1. The molecule has 20 heavy (non-hydrogen) atoms. The normalized spacial score (nSPS) is 10.7. The molecular formula is C15H12ClN3O. The number of aromatic amines is 1. The van der Waals surface area contributed by atoms with Gasteiger partial charge < -0.3 is 5.32 Å². The van der Waals surface area contributed by atoms with Gasteiger partial charge in [0.25, 0.3) is 5.91 Å². The van der Waals surface area contributed by atoms with Crippen LogP contribution < -0.4 is 5.32 Å². The summed E-state index contributed by atoms with van der Waals surface area (Å²) in [5.41, 5.74) is 2.80. The van der Waals surface area contributed by atoms with Crippen molar-refractivity contribution < 1.29 is 4.79 Å². The molecule has 3 rings (SSSR count). The Bertz CT molecular complexity index is 795. The molecule has 1 aromatic heterocycles. The highest BCUT2D eigenvalue weighted by Gasteiger charge is 2.14. The van der Waals surface area contributed by atoms with E-state index >= 15 is 0 Å². The highest BCUT2D eigenvalue weighted by atomic mass is 35.5. The minimum absolute atomic E-state index is 0.284. The van der Waals surface area contributed by atoms with Gasteiger partial charge in [-0.3, -0.25) is 9.89 Å². The van der Waals surface area contributed by atoms with E-state index < -0.39 is 0 Å². The van der Waals surface area contributed by atoms with E-state index in [4.69, 9.17) is 11.6 Å². The predicted molar refractivity (Wildman–Crippen MR) is 80.2 cm³/mol. The van der Waals surface area contributed by atoms with Gasteiger partial charge in [0.1, 0.15) is 0 Å². The van der Waals surface area contributed by atoms with Crippen LogP contribution in [-0.4, -0.2) is 16.1 Å². The molecule has 2 N–H and O–H groups in total. The van der Waals surface area contributed by atoms with Crippen LogP contribution in [0.1, 0.15) is 16.1 Å². The number of hydrogen-bond acceptors (Lipinski definition) is 2. The number of carbonyl (C=O) groups is 1. The quantitative estimate of drug-likeness (QED) is 0.753. The highest BCUT2D eigenvalue weighted by molar-refractivity contribution is 6.34. The molecule has 4 nitrogen and oxygen atoms in total. The molecule has 0 aliphatic heterocycles. The third kappa shape index (κ3) is 2.26. The Labute approximate surface area is 120 Å². The SMILES string of the molecule is Cc1ccc(NC(=O)c2n[nH]c3ccccc23)c(Cl)c1. The summed E-state index contributed by atoms with van der Waals surface area (Å²) in [6, 6.07) is 13.0. The number of amides is 1. The maximum Gasteiger partial charge on any atom is 0.276 e. The van der Waals surface area contributed by atoms with Crippen LogP contribution >= 0.6 is 11.6 Å². The lowest BCUT2D eigenvalue weighted by Crippen LogP contribution is -2.13. The molecule has 100 valence electrons. The van der Waals surface area contributed by atoms with Crippen LogP contribution in [0.4, 0.5) is 5.69 Å². The van der Waals surface area contributed by atoms with Crippen molar-refractivity contribution in [2.75, 3.05) is 5.32 Å². The number of rotatable bonds is 2. The van der Waals surface area contributed by atoms with Crippen molar-refractivity contribution >= 4 is 34.1 Å². The van der Waals surface area contributed by atoms with Crippen LogP contribution in [0.5, 0.6) is 0 Å². The van der Waals surface area contributed by atoms with Crippen LogP contribution in [0, 0.1) is 6.92 Å². The molecule has 0 saturated carbocycles. The molecule has 5 heteroatoms. The number of carbonyl (C=O) groups excluding carboxylic acids is 1. The number of H-pyrrole nitrogens is 1. The topological polar surface area (TPSA) is 57.8 Å². The molecular weight excluding hydrogens is 274 g/mol. The zero-order valence-corrected chi connectivity index (χ0v) is 11.5. The lowest BCUT2D eigenvalue weighted by molar-refractivity contribution is 0.102. The molecule has 0 spiro atoms. The molecule has 0 unspecified atom stereocenters. The van der Waals surface area contributed by atoms with E-state index in [1.165, 1.54) is 0 Å². The Hall–Kier alpha value is -2.33. The number of benzene rings is 2. The van der Waals surface area contributed by atoms with Crippen molar-refractivity contribution in [2.24, 2.45) is 0 Å². The summed E-state index contributed by atoms with van der Waals surface area (Å²) < 4.78 is 0. The predicted octanol–water partition coefficient (Wildman–Crippen LogP) is 3.78. The van der Waals surface area contributed by atoms with E-state index in [9.17, 15) is 4.79 Å². The van der Waals surface area contributed by atoms with Gasteiger partial charge in [-0.2, -0.15) is 5.10 Å². The van der Waals surface area contributed by atoms with Gasteiger partial charge in [0.2, 0.25) is 0 Å². The lowest BCUT2D eigenvalue weighted by atomic mass is 10.2. The number of fused-ring (bicyclic) bond motifs is 1. The Balaban J connectivity index is 1.93.